The van der Waals surface area contributed by atoms with Crippen LogP contribution in [0.4, 0.5) is 0 Å². The molecule has 0 aliphatic heterocycles. The van der Waals surface area contributed by atoms with Crippen LogP contribution in [0.2, 0.25) is 0 Å². The van der Waals surface area contributed by atoms with E-state index in [1.54, 1.807) is 17.5 Å². The Kier molecular flexibility index (Phi) is 4.92. The molecule has 0 aromatic carbocycles. The summed E-state index contributed by atoms with van der Waals surface area (Å²) >= 11 is 1.75. The van der Waals surface area contributed by atoms with Crippen LogP contribution in [-0.2, 0) is 13.1 Å². The fourth-order valence-corrected chi connectivity index (χ4v) is 2.73. The highest BCUT2D eigenvalue weighted by molar-refractivity contribution is 7.09. The van der Waals surface area contributed by atoms with E-state index in [9.17, 15) is 5.11 Å². The Labute approximate surface area is 111 Å². The summed E-state index contributed by atoms with van der Waals surface area (Å²) in [7, 11) is 0. The van der Waals surface area contributed by atoms with Gasteiger partial charge in [-0.15, -0.1) is 11.3 Å². The minimum atomic E-state index is 0.178. The maximum Gasteiger partial charge on any atom is 0.120 e. The minimum absolute atomic E-state index is 0.178. The Morgan fingerprint density at radius 3 is 2.94 bits per heavy atom. The Morgan fingerprint density at radius 1 is 1.50 bits per heavy atom. The normalized spacial score (nSPS) is 13.1. The van der Waals surface area contributed by atoms with E-state index in [2.05, 4.69) is 39.3 Å². The first-order valence-corrected chi connectivity index (χ1v) is 7.07. The smallest absolute Gasteiger partial charge is 0.120 e. The summed E-state index contributed by atoms with van der Waals surface area (Å²) in [6.07, 6.45) is 4.53. The summed E-state index contributed by atoms with van der Waals surface area (Å²) in [4.78, 5) is 11.0. The molecule has 2 aromatic rings. The van der Waals surface area contributed by atoms with Gasteiger partial charge < -0.3 is 10.1 Å². The Hall–Kier alpha value is -1.17. The molecule has 0 bridgehead atoms. The minimum Gasteiger partial charge on any atom is -0.395 e. The van der Waals surface area contributed by atoms with Gasteiger partial charge >= 0.3 is 0 Å². The van der Waals surface area contributed by atoms with Gasteiger partial charge in [0.2, 0.25) is 0 Å². The summed E-state index contributed by atoms with van der Waals surface area (Å²) in [6, 6.07) is 4.37. The Bertz CT molecular complexity index is 387. The third-order valence-corrected chi connectivity index (χ3v) is 3.91. The first-order valence-electron chi connectivity index (χ1n) is 6.19. The lowest BCUT2D eigenvalue weighted by Gasteiger charge is -2.28. The number of nitrogens with one attached hydrogen (secondary N) is 1. The van der Waals surface area contributed by atoms with Crippen LogP contribution in [0, 0.1) is 0 Å². The number of thiophene rings is 1. The third-order valence-electron chi connectivity index (χ3n) is 3.05. The van der Waals surface area contributed by atoms with Crippen LogP contribution in [0.1, 0.15) is 24.0 Å². The van der Waals surface area contributed by atoms with Gasteiger partial charge in [-0.25, -0.2) is 4.98 Å². The molecule has 2 N–H and O–H groups in total. The lowest BCUT2D eigenvalue weighted by molar-refractivity contribution is 0.105. The van der Waals surface area contributed by atoms with E-state index in [0.29, 0.717) is 0 Å². The highest BCUT2D eigenvalue weighted by Crippen LogP contribution is 2.17. The lowest BCUT2D eigenvalue weighted by atomic mass is 10.2. The highest BCUT2D eigenvalue weighted by atomic mass is 32.1. The number of aliphatic hydroxyl groups is 1. The van der Waals surface area contributed by atoms with Crippen molar-refractivity contribution in [2.24, 2.45) is 0 Å². The number of aromatic nitrogens is 2. The zero-order chi connectivity index (χ0) is 12.8. The largest absolute Gasteiger partial charge is 0.395 e. The summed E-state index contributed by atoms with van der Waals surface area (Å²) in [5.74, 6) is 0.943. The first-order chi connectivity index (χ1) is 8.83. The van der Waals surface area contributed by atoms with Gasteiger partial charge in [-0.2, -0.15) is 0 Å². The predicted octanol–water partition coefficient (Wildman–Crippen LogP) is 2.24. The second kappa shape index (κ2) is 6.68. The van der Waals surface area contributed by atoms with Gasteiger partial charge in [-0.05, 0) is 17.9 Å². The molecular weight excluding hydrogens is 246 g/mol. The molecule has 0 aliphatic carbocycles. The number of aromatic amines is 1. The van der Waals surface area contributed by atoms with Crippen LogP contribution < -0.4 is 0 Å². The molecule has 0 aliphatic rings. The van der Waals surface area contributed by atoms with E-state index in [1.807, 2.05) is 6.20 Å². The molecular formula is C13H19N3OS. The summed E-state index contributed by atoms with van der Waals surface area (Å²) in [5.41, 5.74) is 0. The zero-order valence-electron chi connectivity index (χ0n) is 10.5. The highest BCUT2D eigenvalue weighted by Gasteiger charge is 2.18. The molecule has 18 heavy (non-hydrogen) atoms. The van der Waals surface area contributed by atoms with Crippen molar-refractivity contribution in [3.8, 4) is 0 Å². The van der Waals surface area contributed by atoms with E-state index in [0.717, 1.165) is 25.3 Å². The van der Waals surface area contributed by atoms with Crippen molar-refractivity contribution < 1.29 is 5.11 Å². The van der Waals surface area contributed by atoms with Crippen molar-refractivity contribution >= 4 is 11.3 Å². The lowest BCUT2D eigenvalue weighted by Crippen LogP contribution is -2.36. The van der Waals surface area contributed by atoms with Gasteiger partial charge in [0.1, 0.15) is 5.82 Å². The molecule has 0 spiro atoms. The quantitative estimate of drug-likeness (QED) is 0.807. The number of hydrogen-bond acceptors (Lipinski definition) is 4. The fourth-order valence-electron chi connectivity index (χ4n) is 2.00. The first kappa shape index (κ1) is 13.3. The van der Waals surface area contributed by atoms with Crippen molar-refractivity contribution in [2.45, 2.75) is 32.5 Å². The number of H-pyrrole nitrogens is 1. The van der Waals surface area contributed by atoms with Crippen molar-refractivity contribution in [3.63, 3.8) is 0 Å². The molecule has 5 heteroatoms. The van der Waals surface area contributed by atoms with Gasteiger partial charge in [0.05, 0.1) is 13.2 Å². The Morgan fingerprint density at radius 2 is 2.39 bits per heavy atom. The maximum absolute atomic E-state index is 9.48. The van der Waals surface area contributed by atoms with Crippen LogP contribution in [-0.4, -0.2) is 32.6 Å². The standard InChI is InChI=1S/C13H19N3OS/c1-2-11(10-17)16(8-12-4-3-7-18-12)9-13-14-5-6-15-13/h3-7,11,17H,2,8-10H2,1H3,(H,14,15). The van der Waals surface area contributed by atoms with Gasteiger partial charge in [0, 0.05) is 29.9 Å². The topological polar surface area (TPSA) is 52.1 Å². The van der Waals surface area contributed by atoms with E-state index in [4.69, 9.17) is 0 Å². The van der Waals surface area contributed by atoms with E-state index >= 15 is 0 Å². The Balaban J connectivity index is 2.06. The van der Waals surface area contributed by atoms with Crippen LogP contribution in [0.5, 0.6) is 0 Å². The van der Waals surface area contributed by atoms with E-state index in [-0.39, 0.29) is 12.6 Å². The molecule has 0 saturated carbocycles. The molecule has 1 unspecified atom stereocenters. The monoisotopic (exact) mass is 265 g/mol. The van der Waals surface area contributed by atoms with Crippen molar-refractivity contribution in [1.29, 1.82) is 0 Å². The maximum atomic E-state index is 9.48. The predicted molar refractivity (Wildman–Crippen MR) is 73.3 cm³/mol. The van der Waals surface area contributed by atoms with Crippen LogP contribution >= 0.6 is 11.3 Å². The van der Waals surface area contributed by atoms with Gasteiger partial charge in [-0.1, -0.05) is 13.0 Å². The molecule has 2 rings (SSSR count). The molecule has 1 atom stereocenters. The molecule has 2 heterocycles. The van der Waals surface area contributed by atoms with Crippen LogP contribution in [0.25, 0.3) is 0 Å². The zero-order valence-corrected chi connectivity index (χ0v) is 11.4. The van der Waals surface area contributed by atoms with Gasteiger partial charge in [0.25, 0.3) is 0 Å². The molecule has 2 aromatic heterocycles. The van der Waals surface area contributed by atoms with Gasteiger partial charge in [-0.3, -0.25) is 4.90 Å². The molecule has 4 nitrogen and oxygen atoms in total. The fraction of sp³-hybridized carbons (Fsp3) is 0.462. The van der Waals surface area contributed by atoms with Crippen LogP contribution in [0.3, 0.4) is 0 Å². The number of rotatable bonds is 7. The molecule has 0 saturated heterocycles. The van der Waals surface area contributed by atoms with Crippen LogP contribution in [0.15, 0.2) is 29.9 Å². The number of imidazole rings is 1. The van der Waals surface area contributed by atoms with Crippen molar-refractivity contribution in [2.75, 3.05) is 6.61 Å². The summed E-state index contributed by atoms with van der Waals surface area (Å²) in [5, 5.41) is 11.6. The SMILES string of the molecule is CCC(CO)N(Cc1ncc[nH]1)Cc1cccs1. The molecule has 0 amide bonds. The number of nitrogens with zero attached hydrogens (tertiary/aromatic N) is 2. The third kappa shape index (κ3) is 3.41. The second-order valence-electron chi connectivity index (χ2n) is 4.26. The molecule has 0 radical (unpaired) electrons. The van der Waals surface area contributed by atoms with Crippen molar-refractivity contribution in [1.82, 2.24) is 14.9 Å². The van der Waals surface area contributed by atoms with E-state index < -0.39 is 0 Å². The average Bonchev–Trinajstić information content (AvgIpc) is 3.03. The number of hydrogen-bond donors (Lipinski definition) is 2. The molecule has 0 fully saturated rings. The summed E-state index contributed by atoms with van der Waals surface area (Å²) in [6.45, 7) is 3.88. The second-order valence-corrected chi connectivity index (χ2v) is 5.30. The van der Waals surface area contributed by atoms with Crippen molar-refractivity contribution in [3.05, 3.63) is 40.6 Å². The average molecular weight is 265 g/mol. The number of aliphatic hydroxyl groups excluding tert-OH is 1. The van der Waals surface area contributed by atoms with E-state index in [1.165, 1.54) is 4.88 Å². The van der Waals surface area contributed by atoms with Gasteiger partial charge in [0.15, 0.2) is 0 Å². The summed E-state index contributed by atoms with van der Waals surface area (Å²) < 4.78 is 0. The molecule has 98 valence electrons.